The third kappa shape index (κ3) is 3.26. The SMILES string of the molecule is O=S(=O)(/N=C\c1ccccc1C(F)(F)F)c1cccs1. The molecule has 0 spiro atoms. The molecule has 0 bridgehead atoms. The van der Waals surface area contributed by atoms with Crippen LogP contribution in [0.4, 0.5) is 13.2 Å². The molecular formula is C12H8F3NO2S2. The van der Waals surface area contributed by atoms with Gasteiger partial charge in [0, 0.05) is 11.8 Å². The Hall–Kier alpha value is -1.67. The summed E-state index contributed by atoms with van der Waals surface area (Å²) in [5.74, 6) is 0. The zero-order valence-corrected chi connectivity index (χ0v) is 11.5. The summed E-state index contributed by atoms with van der Waals surface area (Å²) in [5, 5.41) is 1.55. The van der Waals surface area contributed by atoms with Crippen LogP contribution in [-0.4, -0.2) is 14.6 Å². The van der Waals surface area contributed by atoms with E-state index in [0.29, 0.717) is 0 Å². The van der Waals surface area contributed by atoms with Gasteiger partial charge < -0.3 is 0 Å². The second-order valence-electron chi connectivity index (χ2n) is 3.73. The van der Waals surface area contributed by atoms with Crippen molar-refractivity contribution in [3.05, 3.63) is 52.9 Å². The number of halogens is 3. The van der Waals surface area contributed by atoms with Gasteiger partial charge >= 0.3 is 6.18 Å². The van der Waals surface area contributed by atoms with Crippen LogP contribution in [-0.2, 0) is 16.2 Å². The zero-order chi connectivity index (χ0) is 14.8. The number of hydrogen-bond acceptors (Lipinski definition) is 3. The maximum absolute atomic E-state index is 12.7. The Morgan fingerprint density at radius 2 is 1.80 bits per heavy atom. The first-order valence-corrected chi connectivity index (χ1v) is 7.63. The fourth-order valence-corrected chi connectivity index (χ4v) is 3.29. The Morgan fingerprint density at radius 1 is 1.10 bits per heavy atom. The lowest BCUT2D eigenvalue weighted by atomic mass is 10.1. The van der Waals surface area contributed by atoms with Gasteiger partial charge in [0.2, 0.25) is 0 Å². The molecular weight excluding hydrogens is 311 g/mol. The molecule has 20 heavy (non-hydrogen) atoms. The number of thiophene rings is 1. The van der Waals surface area contributed by atoms with E-state index in [1.807, 2.05) is 0 Å². The molecule has 0 radical (unpaired) electrons. The zero-order valence-electron chi connectivity index (χ0n) is 9.83. The summed E-state index contributed by atoms with van der Waals surface area (Å²) >= 11 is 0.951. The highest BCUT2D eigenvalue weighted by Crippen LogP contribution is 2.31. The predicted octanol–water partition coefficient (Wildman–Crippen LogP) is 3.57. The number of hydrogen-bond donors (Lipinski definition) is 0. The maximum Gasteiger partial charge on any atom is 0.417 e. The van der Waals surface area contributed by atoms with Crippen molar-refractivity contribution in [3.63, 3.8) is 0 Å². The van der Waals surface area contributed by atoms with Gasteiger partial charge in [0.15, 0.2) is 0 Å². The van der Waals surface area contributed by atoms with Crippen LogP contribution in [0.3, 0.4) is 0 Å². The predicted molar refractivity (Wildman–Crippen MR) is 70.5 cm³/mol. The number of rotatable bonds is 3. The molecule has 0 atom stereocenters. The molecule has 0 amide bonds. The number of alkyl halides is 3. The van der Waals surface area contributed by atoms with E-state index in [1.165, 1.54) is 24.3 Å². The highest BCUT2D eigenvalue weighted by atomic mass is 32.2. The van der Waals surface area contributed by atoms with E-state index in [-0.39, 0.29) is 9.77 Å². The first-order valence-electron chi connectivity index (χ1n) is 5.31. The summed E-state index contributed by atoms with van der Waals surface area (Å²) in [6.45, 7) is 0. The minimum atomic E-state index is -4.56. The first-order chi connectivity index (χ1) is 9.31. The van der Waals surface area contributed by atoms with Gasteiger partial charge in [-0.05, 0) is 17.5 Å². The van der Waals surface area contributed by atoms with Crippen LogP contribution in [0.1, 0.15) is 11.1 Å². The molecule has 0 N–H and O–H groups in total. The molecule has 0 fully saturated rings. The van der Waals surface area contributed by atoms with Gasteiger partial charge in [0.1, 0.15) is 4.21 Å². The Morgan fingerprint density at radius 3 is 2.40 bits per heavy atom. The summed E-state index contributed by atoms with van der Waals surface area (Å²) in [6.07, 6.45) is -3.84. The number of sulfonamides is 1. The number of benzene rings is 1. The molecule has 3 nitrogen and oxygen atoms in total. The molecule has 0 unspecified atom stereocenters. The van der Waals surface area contributed by atoms with Crippen LogP contribution in [0.15, 0.2) is 50.4 Å². The smallest absolute Gasteiger partial charge is 0.198 e. The third-order valence-corrected chi connectivity index (χ3v) is 4.96. The van der Waals surface area contributed by atoms with Gasteiger partial charge in [-0.15, -0.1) is 11.3 Å². The van der Waals surface area contributed by atoms with Crippen LogP contribution >= 0.6 is 11.3 Å². The summed E-state index contributed by atoms with van der Waals surface area (Å²) in [5.41, 5.74) is -1.22. The molecule has 1 heterocycles. The largest absolute Gasteiger partial charge is 0.417 e. The molecule has 0 saturated carbocycles. The van der Waals surface area contributed by atoms with E-state index in [1.54, 1.807) is 5.38 Å². The summed E-state index contributed by atoms with van der Waals surface area (Å²) in [4.78, 5) is 0. The van der Waals surface area contributed by atoms with Crippen LogP contribution in [0.2, 0.25) is 0 Å². The lowest BCUT2D eigenvalue weighted by Gasteiger charge is -2.08. The van der Waals surface area contributed by atoms with Crippen molar-refractivity contribution in [2.45, 2.75) is 10.4 Å². The van der Waals surface area contributed by atoms with Crippen LogP contribution in [0.25, 0.3) is 0 Å². The average molecular weight is 319 g/mol. The lowest BCUT2D eigenvalue weighted by molar-refractivity contribution is -0.137. The molecule has 106 valence electrons. The molecule has 8 heteroatoms. The van der Waals surface area contributed by atoms with Gasteiger partial charge in [0.25, 0.3) is 10.0 Å². The van der Waals surface area contributed by atoms with Crippen LogP contribution in [0.5, 0.6) is 0 Å². The average Bonchev–Trinajstić information content (AvgIpc) is 2.90. The van der Waals surface area contributed by atoms with Crippen molar-refractivity contribution in [2.75, 3.05) is 0 Å². The highest BCUT2D eigenvalue weighted by molar-refractivity contribution is 7.92. The molecule has 1 aromatic heterocycles. The molecule has 0 saturated heterocycles. The summed E-state index contributed by atoms with van der Waals surface area (Å²) in [7, 11) is -3.96. The fraction of sp³-hybridized carbons (Fsp3) is 0.0833. The van der Waals surface area contributed by atoms with Gasteiger partial charge in [-0.1, -0.05) is 24.3 Å². The quantitative estimate of drug-likeness (QED) is 0.812. The standard InChI is InChI=1S/C12H8F3NO2S2/c13-12(14,15)10-5-2-1-4-9(10)8-16-20(17,18)11-6-3-7-19-11/h1-8H/b16-8-. The minimum absolute atomic E-state index is 0.0155. The fourth-order valence-electron chi connectivity index (χ4n) is 1.46. The van der Waals surface area contributed by atoms with Crippen LogP contribution < -0.4 is 0 Å². The molecule has 0 aliphatic rings. The van der Waals surface area contributed by atoms with E-state index in [9.17, 15) is 21.6 Å². The van der Waals surface area contributed by atoms with Gasteiger partial charge in [-0.25, -0.2) is 0 Å². The molecule has 2 aromatic rings. The maximum atomic E-state index is 12.7. The van der Waals surface area contributed by atoms with Crippen LogP contribution in [0, 0.1) is 0 Å². The summed E-state index contributed by atoms with van der Waals surface area (Å²) in [6, 6.07) is 7.52. The van der Waals surface area contributed by atoms with Crippen molar-refractivity contribution >= 4 is 27.6 Å². The number of nitrogens with zero attached hydrogens (tertiary/aromatic N) is 1. The second kappa shape index (κ2) is 5.37. The van der Waals surface area contributed by atoms with Crippen molar-refractivity contribution < 1.29 is 21.6 Å². The Labute approximate surface area is 117 Å². The Balaban J connectivity index is 2.39. The topological polar surface area (TPSA) is 46.5 Å². The molecule has 1 aromatic carbocycles. The highest BCUT2D eigenvalue weighted by Gasteiger charge is 2.32. The van der Waals surface area contributed by atoms with E-state index in [0.717, 1.165) is 29.7 Å². The minimum Gasteiger partial charge on any atom is -0.198 e. The van der Waals surface area contributed by atoms with Crippen molar-refractivity contribution in [3.8, 4) is 0 Å². The van der Waals surface area contributed by atoms with E-state index < -0.39 is 21.8 Å². The van der Waals surface area contributed by atoms with Gasteiger partial charge in [-0.2, -0.15) is 26.0 Å². The van der Waals surface area contributed by atoms with E-state index in [4.69, 9.17) is 0 Å². The summed E-state index contributed by atoms with van der Waals surface area (Å²) < 4.78 is 65.0. The third-order valence-electron chi connectivity index (χ3n) is 2.35. The first kappa shape index (κ1) is 14.7. The molecule has 2 rings (SSSR count). The van der Waals surface area contributed by atoms with Gasteiger partial charge in [-0.3, -0.25) is 0 Å². The van der Waals surface area contributed by atoms with E-state index in [2.05, 4.69) is 4.40 Å². The van der Waals surface area contributed by atoms with Crippen molar-refractivity contribution in [2.24, 2.45) is 4.40 Å². The molecule has 0 aliphatic carbocycles. The Bertz CT molecular complexity index is 719. The second-order valence-corrected chi connectivity index (χ2v) is 6.53. The van der Waals surface area contributed by atoms with Gasteiger partial charge in [0.05, 0.1) is 5.56 Å². The lowest BCUT2D eigenvalue weighted by Crippen LogP contribution is -2.09. The molecule has 0 aliphatic heterocycles. The van der Waals surface area contributed by atoms with Crippen molar-refractivity contribution in [1.29, 1.82) is 0 Å². The normalized spacial score (nSPS) is 12.9. The Kier molecular flexibility index (Phi) is 3.96. The monoisotopic (exact) mass is 319 g/mol. The van der Waals surface area contributed by atoms with Crippen molar-refractivity contribution in [1.82, 2.24) is 0 Å². The van der Waals surface area contributed by atoms with E-state index >= 15 is 0 Å².